The van der Waals surface area contributed by atoms with E-state index in [9.17, 15) is 4.79 Å². The first-order valence-electron chi connectivity index (χ1n) is 8.19. The molecule has 0 aromatic heterocycles. The molecule has 1 aliphatic heterocycles. The zero-order chi connectivity index (χ0) is 18.0. The number of benzene rings is 2. The zero-order valence-corrected chi connectivity index (χ0v) is 14.9. The Labute approximate surface area is 147 Å². The number of hydrazone groups is 1. The average Bonchev–Trinajstić information content (AvgIpc) is 3.07. The summed E-state index contributed by atoms with van der Waals surface area (Å²) < 4.78 is 10.7. The third kappa shape index (κ3) is 3.36. The molecule has 5 heteroatoms. The lowest BCUT2D eigenvalue weighted by atomic mass is 9.97. The third-order valence-corrected chi connectivity index (χ3v) is 4.38. The first-order valence-corrected chi connectivity index (χ1v) is 8.19. The van der Waals surface area contributed by atoms with Crippen LogP contribution in [0.15, 0.2) is 47.6 Å². The lowest BCUT2D eigenvalue weighted by Gasteiger charge is -2.20. The number of hydrogen-bond donors (Lipinski definition) is 0. The van der Waals surface area contributed by atoms with Crippen LogP contribution >= 0.6 is 0 Å². The van der Waals surface area contributed by atoms with Crippen LogP contribution < -0.4 is 9.47 Å². The average molecular weight is 338 g/mol. The highest BCUT2D eigenvalue weighted by molar-refractivity contribution is 6.03. The molecule has 1 atom stereocenters. The van der Waals surface area contributed by atoms with Gasteiger partial charge in [0.25, 0.3) is 0 Å². The van der Waals surface area contributed by atoms with Crippen LogP contribution in [0.1, 0.15) is 36.1 Å². The van der Waals surface area contributed by atoms with Gasteiger partial charge < -0.3 is 9.47 Å². The van der Waals surface area contributed by atoms with Gasteiger partial charge in [0.05, 0.1) is 26.0 Å². The molecule has 1 amide bonds. The number of hydrogen-bond acceptors (Lipinski definition) is 4. The maximum absolute atomic E-state index is 12.1. The van der Waals surface area contributed by atoms with Gasteiger partial charge in [0.1, 0.15) is 0 Å². The molecule has 1 heterocycles. The van der Waals surface area contributed by atoms with Crippen molar-refractivity contribution in [2.24, 2.45) is 5.10 Å². The van der Waals surface area contributed by atoms with Gasteiger partial charge in [0, 0.05) is 18.9 Å². The van der Waals surface area contributed by atoms with Crippen LogP contribution in [0.4, 0.5) is 0 Å². The van der Waals surface area contributed by atoms with E-state index in [0.29, 0.717) is 17.9 Å². The van der Waals surface area contributed by atoms with Crippen LogP contribution in [0, 0.1) is 6.92 Å². The summed E-state index contributed by atoms with van der Waals surface area (Å²) in [5.41, 5.74) is 4.05. The summed E-state index contributed by atoms with van der Waals surface area (Å²) in [6.07, 6.45) is 0.665. The fraction of sp³-hybridized carbons (Fsp3) is 0.300. The minimum Gasteiger partial charge on any atom is -0.493 e. The number of rotatable bonds is 4. The SMILES string of the molecule is COc1ccc(C2=NN(C(C)=O)[C@H](c3cccc(C)c3)C2)cc1OC. The van der Waals surface area contributed by atoms with Gasteiger partial charge in [-0.25, -0.2) is 5.01 Å². The first-order chi connectivity index (χ1) is 12.0. The zero-order valence-electron chi connectivity index (χ0n) is 14.9. The van der Waals surface area contributed by atoms with Crippen molar-refractivity contribution in [1.82, 2.24) is 5.01 Å². The summed E-state index contributed by atoms with van der Waals surface area (Å²) in [6.45, 7) is 3.59. The van der Waals surface area contributed by atoms with Crippen molar-refractivity contribution in [1.29, 1.82) is 0 Å². The summed E-state index contributed by atoms with van der Waals surface area (Å²) in [5.74, 6) is 1.25. The second kappa shape index (κ2) is 6.97. The molecule has 1 aliphatic rings. The molecule has 0 spiro atoms. The van der Waals surface area contributed by atoms with Gasteiger partial charge in [-0.2, -0.15) is 5.10 Å². The van der Waals surface area contributed by atoms with Crippen molar-refractivity contribution in [3.8, 4) is 11.5 Å². The predicted octanol–water partition coefficient (Wildman–Crippen LogP) is 3.71. The van der Waals surface area contributed by atoms with Crippen molar-refractivity contribution < 1.29 is 14.3 Å². The molecule has 25 heavy (non-hydrogen) atoms. The molecule has 3 rings (SSSR count). The molecule has 0 aliphatic carbocycles. The number of carbonyl (C=O) groups excluding carboxylic acids is 1. The Morgan fingerprint density at radius 3 is 2.52 bits per heavy atom. The van der Waals surface area contributed by atoms with Gasteiger partial charge in [-0.1, -0.05) is 29.8 Å². The molecule has 130 valence electrons. The van der Waals surface area contributed by atoms with Crippen LogP contribution in [0.2, 0.25) is 0 Å². The Hall–Kier alpha value is -2.82. The standard InChI is InChI=1S/C20H22N2O3/c1-13-6-5-7-16(10-13)18-12-17(21-22(18)14(2)23)15-8-9-19(24-3)20(11-15)25-4/h5-11,18H,12H2,1-4H3/t18-/m0/s1. The van der Waals surface area contributed by atoms with E-state index in [-0.39, 0.29) is 11.9 Å². The van der Waals surface area contributed by atoms with E-state index in [1.54, 1.807) is 26.2 Å². The third-order valence-electron chi connectivity index (χ3n) is 4.38. The maximum Gasteiger partial charge on any atom is 0.240 e. The first kappa shape index (κ1) is 17.0. The Morgan fingerprint density at radius 1 is 1.12 bits per heavy atom. The van der Waals surface area contributed by atoms with Crippen LogP contribution in [0.5, 0.6) is 11.5 Å². The highest BCUT2D eigenvalue weighted by atomic mass is 16.5. The fourth-order valence-electron chi connectivity index (χ4n) is 3.13. The molecule has 0 radical (unpaired) electrons. The molecule has 0 bridgehead atoms. The minimum atomic E-state index is -0.0829. The summed E-state index contributed by atoms with van der Waals surface area (Å²) in [6, 6.07) is 13.8. The molecule has 0 saturated carbocycles. The normalized spacial score (nSPS) is 16.6. The van der Waals surface area contributed by atoms with Crippen molar-refractivity contribution in [2.45, 2.75) is 26.3 Å². The molecule has 0 unspecified atom stereocenters. The minimum absolute atomic E-state index is 0.0676. The lowest BCUT2D eigenvalue weighted by Crippen LogP contribution is -2.24. The second-order valence-electron chi connectivity index (χ2n) is 6.11. The monoisotopic (exact) mass is 338 g/mol. The van der Waals surface area contributed by atoms with E-state index < -0.39 is 0 Å². The number of carbonyl (C=O) groups is 1. The van der Waals surface area contributed by atoms with E-state index in [1.165, 1.54) is 5.56 Å². The molecule has 2 aromatic rings. The van der Waals surface area contributed by atoms with Crippen LogP contribution in [0.25, 0.3) is 0 Å². The van der Waals surface area contributed by atoms with Crippen molar-refractivity contribution >= 4 is 11.6 Å². The summed E-state index contributed by atoms with van der Waals surface area (Å²) in [7, 11) is 3.21. The molecular weight excluding hydrogens is 316 g/mol. The highest BCUT2D eigenvalue weighted by Gasteiger charge is 2.31. The number of amides is 1. The Morgan fingerprint density at radius 2 is 1.88 bits per heavy atom. The van der Waals surface area contributed by atoms with Crippen LogP contribution in [-0.2, 0) is 4.79 Å². The fourth-order valence-corrected chi connectivity index (χ4v) is 3.13. The van der Waals surface area contributed by atoms with E-state index in [1.807, 2.05) is 43.3 Å². The maximum atomic E-state index is 12.1. The number of aryl methyl sites for hydroxylation is 1. The van der Waals surface area contributed by atoms with Crippen LogP contribution in [-0.4, -0.2) is 30.8 Å². The molecule has 0 fully saturated rings. The van der Waals surface area contributed by atoms with Gasteiger partial charge in [0.15, 0.2) is 11.5 Å². The van der Waals surface area contributed by atoms with Crippen LogP contribution in [0.3, 0.4) is 0 Å². The number of nitrogens with zero attached hydrogens (tertiary/aromatic N) is 2. The summed E-state index contributed by atoms with van der Waals surface area (Å²) >= 11 is 0. The van der Waals surface area contributed by atoms with Crippen molar-refractivity contribution in [2.75, 3.05) is 14.2 Å². The van der Waals surface area contributed by atoms with Gasteiger partial charge in [0.2, 0.25) is 5.91 Å². The van der Waals surface area contributed by atoms with E-state index in [2.05, 4.69) is 11.2 Å². The topological polar surface area (TPSA) is 51.1 Å². The van der Waals surface area contributed by atoms with Gasteiger partial charge >= 0.3 is 0 Å². The number of ether oxygens (including phenoxy) is 2. The van der Waals surface area contributed by atoms with Gasteiger partial charge in [-0.15, -0.1) is 0 Å². The molecular formula is C20H22N2O3. The van der Waals surface area contributed by atoms with E-state index in [4.69, 9.17) is 9.47 Å². The lowest BCUT2D eigenvalue weighted by molar-refractivity contribution is -0.130. The number of methoxy groups -OCH3 is 2. The smallest absolute Gasteiger partial charge is 0.240 e. The molecule has 5 nitrogen and oxygen atoms in total. The Balaban J connectivity index is 1.96. The van der Waals surface area contributed by atoms with E-state index >= 15 is 0 Å². The summed E-state index contributed by atoms with van der Waals surface area (Å²) in [4.78, 5) is 12.1. The molecule has 0 N–H and O–H groups in total. The van der Waals surface area contributed by atoms with Gasteiger partial charge in [-0.05, 0) is 30.7 Å². The van der Waals surface area contributed by atoms with Gasteiger partial charge in [-0.3, -0.25) is 4.79 Å². The van der Waals surface area contributed by atoms with Crippen molar-refractivity contribution in [3.05, 3.63) is 59.2 Å². The summed E-state index contributed by atoms with van der Waals surface area (Å²) in [5, 5.41) is 6.15. The largest absolute Gasteiger partial charge is 0.493 e. The highest BCUT2D eigenvalue weighted by Crippen LogP contribution is 2.35. The predicted molar refractivity (Wildman–Crippen MR) is 97.1 cm³/mol. The van der Waals surface area contributed by atoms with E-state index in [0.717, 1.165) is 16.8 Å². The Kier molecular flexibility index (Phi) is 4.74. The molecule has 0 saturated heterocycles. The second-order valence-corrected chi connectivity index (χ2v) is 6.11. The Bertz CT molecular complexity index is 829. The quantitative estimate of drug-likeness (QED) is 0.854. The van der Waals surface area contributed by atoms with Crippen molar-refractivity contribution in [3.63, 3.8) is 0 Å². The molecule has 2 aromatic carbocycles.